The van der Waals surface area contributed by atoms with Crippen molar-refractivity contribution in [2.45, 2.75) is 18.9 Å². The Hall–Kier alpha value is -1.89. The number of sulfone groups is 1. The van der Waals surface area contributed by atoms with Gasteiger partial charge in [-0.05, 0) is 18.1 Å². The number of cyclic esters (lactones) is 1. The first-order chi connectivity index (χ1) is 9.87. The van der Waals surface area contributed by atoms with Gasteiger partial charge in [0.2, 0.25) is 0 Å². The summed E-state index contributed by atoms with van der Waals surface area (Å²) in [5.74, 6) is -0.889. The van der Waals surface area contributed by atoms with E-state index >= 15 is 0 Å². The molecule has 0 radical (unpaired) electrons. The van der Waals surface area contributed by atoms with Gasteiger partial charge in [0.1, 0.15) is 9.84 Å². The van der Waals surface area contributed by atoms with Gasteiger partial charge in [0.25, 0.3) is 5.91 Å². The van der Waals surface area contributed by atoms with Crippen LogP contribution in [0.5, 0.6) is 0 Å². The standard InChI is InChI=1S/C14H17NO5S/c1-21(18,19)8-4-7-15-13(16)12-9-10-5-2-3-6-11(10)14(17)20-12/h2-3,5-6,12H,4,7-9H2,1H3,(H,15,16). The number of carbonyl (C=O) groups excluding carboxylic acids is 2. The van der Waals surface area contributed by atoms with Crippen molar-refractivity contribution in [1.29, 1.82) is 0 Å². The van der Waals surface area contributed by atoms with Gasteiger partial charge in [-0.2, -0.15) is 0 Å². The van der Waals surface area contributed by atoms with Crippen molar-refractivity contribution in [3.8, 4) is 0 Å². The van der Waals surface area contributed by atoms with Crippen LogP contribution < -0.4 is 5.32 Å². The lowest BCUT2D eigenvalue weighted by atomic mass is 9.98. The molecule has 1 aliphatic rings. The molecule has 6 nitrogen and oxygen atoms in total. The summed E-state index contributed by atoms with van der Waals surface area (Å²) >= 11 is 0. The molecule has 1 aromatic rings. The largest absolute Gasteiger partial charge is 0.448 e. The smallest absolute Gasteiger partial charge is 0.339 e. The molecule has 1 N–H and O–H groups in total. The topological polar surface area (TPSA) is 89.5 Å². The summed E-state index contributed by atoms with van der Waals surface area (Å²) in [6, 6.07) is 7.00. The molecule has 1 aliphatic heterocycles. The number of hydrogen-bond acceptors (Lipinski definition) is 5. The fraction of sp³-hybridized carbons (Fsp3) is 0.429. The van der Waals surface area contributed by atoms with Gasteiger partial charge in [0.15, 0.2) is 6.10 Å². The molecule has 2 rings (SSSR count). The predicted octanol–water partition coefficient (Wildman–Crippen LogP) is 0.319. The number of fused-ring (bicyclic) bond motifs is 1. The number of benzene rings is 1. The summed E-state index contributed by atoms with van der Waals surface area (Å²) in [4.78, 5) is 23.7. The van der Waals surface area contributed by atoms with E-state index in [1.807, 2.05) is 0 Å². The lowest BCUT2D eigenvalue weighted by Gasteiger charge is -2.23. The minimum atomic E-state index is -3.03. The van der Waals surface area contributed by atoms with E-state index in [0.29, 0.717) is 18.4 Å². The van der Waals surface area contributed by atoms with E-state index in [9.17, 15) is 18.0 Å². The van der Waals surface area contributed by atoms with E-state index in [2.05, 4.69) is 5.32 Å². The average Bonchev–Trinajstić information content (AvgIpc) is 2.42. The Morgan fingerprint density at radius 2 is 2.10 bits per heavy atom. The van der Waals surface area contributed by atoms with Gasteiger partial charge < -0.3 is 10.1 Å². The number of ether oxygens (including phenoxy) is 1. The molecule has 1 atom stereocenters. The van der Waals surface area contributed by atoms with Crippen LogP contribution in [0.4, 0.5) is 0 Å². The Labute approximate surface area is 123 Å². The van der Waals surface area contributed by atoms with Crippen LogP contribution in [0.1, 0.15) is 22.3 Å². The Bertz CT molecular complexity index is 653. The number of amides is 1. The second kappa shape index (κ2) is 6.26. The second-order valence-corrected chi connectivity index (χ2v) is 7.29. The van der Waals surface area contributed by atoms with E-state index in [4.69, 9.17) is 4.74 Å². The molecule has 1 amide bonds. The van der Waals surface area contributed by atoms with Crippen molar-refractivity contribution in [3.05, 3.63) is 35.4 Å². The molecular weight excluding hydrogens is 294 g/mol. The van der Waals surface area contributed by atoms with Crippen molar-refractivity contribution in [2.24, 2.45) is 0 Å². The van der Waals surface area contributed by atoms with E-state index in [1.165, 1.54) is 0 Å². The molecule has 0 bridgehead atoms. The molecule has 1 heterocycles. The third-order valence-corrected chi connectivity index (χ3v) is 4.21. The molecule has 0 spiro atoms. The zero-order valence-corrected chi connectivity index (χ0v) is 12.5. The van der Waals surface area contributed by atoms with Gasteiger partial charge in [-0.3, -0.25) is 4.79 Å². The maximum Gasteiger partial charge on any atom is 0.339 e. The van der Waals surface area contributed by atoms with Crippen LogP contribution in [0.2, 0.25) is 0 Å². The van der Waals surface area contributed by atoms with Crippen LogP contribution in [0, 0.1) is 0 Å². The monoisotopic (exact) mass is 311 g/mol. The Morgan fingerprint density at radius 3 is 2.81 bits per heavy atom. The lowest BCUT2D eigenvalue weighted by Crippen LogP contribution is -2.42. The van der Waals surface area contributed by atoms with Gasteiger partial charge in [-0.1, -0.05) is 18.2 Å². The van der Waals surface area contributed by atoms with Crippen LogP contribution in [0.15, 0.2) is 24.3 Å². The number of hydrogen-bond donors (Lipinski definition) is 1. The summed E-state index contributed by atoms with van der Waals surface area (Å²) in [5.41, 5.74) is 1.27. The Balaban J connectivity index is 1.89. The summed E-state index contributed by atoms with van der Waals surface area (Å²) in [6.45, 7) is 0.238. The van der Waals surface area contributed by atoms with Crippen LogP contribution in [0.3, 0.4) is 0 Å². The summed E-state index contributed by atoms with van der Waals surface area (Å²) < 4.78 is 27.1. The van der Waals surface area contributed by atoms with Gasteiger partial charge in [0, 0.05) is 19.2 Å². The van der Waals surface area contributed by atoms with Crippen molar-refractivity contribution >= 4 is 21.7 Å². The third kappa shape index (κ3) is 4.29. The molecule has 21 heavy (non-hydrogen) atoms. The Morgan fingerprint density at radius 1 is 1.38 bits per heavy atom. The number of carbonyl (C=O) groups is 2. The summed E-state index contributed by atoms with van der Waals surface area (Å²) in [7, 11) is -3.03. The second-order valence-electron chi connectivity index (χ2n) is 5.03. The van der Waals surface area contributed by atoms with Crippen LogP contribution in [-0.2, 0) is 25.8 Å². The van der Waals surface area contributed by atoms with Crippen molar-refractivity contribution < 1.29 is 22.7 Å². The molecule has 1 aromatic carbocycles. The fourth-order valence-corrected chi connectivity index (χ4v) is 2.81. The molecule has 0 fully saturated rings. The maximum absolute atomic E-state index is 11.9. The first-order valence-corrected chi connectivity index (χ1v) is 8.67. The number of rotatable bonds is 5. The predicted molar refractivity (Wildman–Crippen MR) is 76.7 cm³/mol. The first-order valence-electron chi connectivity index (χ1n) is 6.61. The van der Waals surface area contributed by atoms with Crippen molar-refractivity contribution in [3.63, 3.8) is 0 Å². The molecule has 0 saturated carbocycles. The minimum absolute atomic E-state index is 0.0145. The van der Waals surface area contributed by atoms with E-state index < -0.39 is 27.8 Å². The van der Waals surface area contributed by atoms with E-state index in [-0.39, 0.29) is 12.3 Å². The van der Waals surface area contributed by atoms with Crippen LogP contribution in [-0.4, -0.2) is 45.0 Å². The Kier molecular flexibility index (Phi) is 4.62. The van der Waals surface area contributed by atoms with Gasteiger partial charge in [-0.25, -0.2) is 13.2 Å². The highest BCUT2D eigenvalue weighted by molar-refractivity contribution is 7.90. The van der Waals surface area contributed by atoms with Crippen LogP contribution >= 0.6 is 0 Å². The number of esters is 1. The fourth-order valence-electron chi connectivity index (χ4n) is 2.14. The zero-order valence-electron chi connectivity index (χ0n) is 11.7. The van der Waals surface area contributed by atoms with E-state index in [1.54, 1.807) is 24.3 Å². The molecule has 114 valence electrons. The number of nitrogens with one attached hydrogen (secondary N) is 1. The SMILES string of the molecule is CS(=O)(=O)CCCNC(=O)C1Cc2ccccc2C(=O)O1. The molecule has 1 unspecified atom stereocenters. The van der Waals surface area contributed by atoms with E-state index in [0.717, 1.165) is 11.8 Å². The minimum Gasteiger partial charge on any atom is -0.448 e. The van der Waals surface area contributed by atoms with Crippen molar-refractivity contribution in [1.82, 2.24) is 5.32 Å². The average molecular weight is 311 g/mol. The highest BCUT2D eigenvalue weighted by Gasteiger charge is 2.30. The maximum atomic E-state index is 11.9. The quantitative estimate of drug-likeness (QED) is 0.625. The molecular formula is C14H17NO5S. The first kappa shape index (κ1) is 15.5. The third-order valence-electron chi connectivity index (χ3n) is 3.18. The van der Waals surface area contributed by atoms with Crippen molar-refractivity contribution in [2.75, 3.05) is 18.6 Å². The van der Waals surface area contributed by atoms with Crippen LogP contribution in [0.25, 0.3) is 0 Å². The normalized spacial score (nSPS) is 17.8. The highest BCUT2D eigenvalue weighted by Crippen LogP contribution is 2.20. The zero-order chi connectivity index (χ0) is 15.5. The van der Waals surface area contributed by atoms with Gasteiger partial charge in [-0.15, -0.1) is 0 Å². The molecule has 0 aromatic heterocycles. The molecule has 0 saturated heterocycles. The van der Waals surface area contributed by atoms with Gasteiger partial charge in [0.05, 0.1) is 11.3 Å². The van der Waals surface area contributed by atoms with Gasteiger partial charge >= 0.3 is 5.97 Å². The highest BCUT2D eigenvalue weighted by atomic mass is 32.2. The lowest BCUT2D eigenvalue weighted by molar-refractivity contribution is -0.130. The molecule has 7 heteroatoms. The molecule has 0 aliphatic carbocycles. The summed E-state index contributed by atoms with van der Waals surface area (Å²) in [5, 5.41) is 2.60. The summed E-state index contributed by atoms with van der Waals surface area (Å²) in [6.07, 6.45) is 0.960.